The number of sulfonamides is 1. The molecule has 5 N–H and O–H groups in total. The van der Waals surface area contributed by atoms with E-state index in [-0.39, 0.29) is 29.1 Å². The second-order valence-electron chi connectivity index (χ2n) is 5.14. The van der Waals surface area contributed by atoms with Crippen molar-refractivity contribution in [3.05, 3.63) is 29.8 Å². The zero-order valence-corrected chi connectivity index (χ0v) is 14.4. The number of amides is 1. The van der Waals surface area contributed by atoms with Crippen LogP contribution in [-0.4, -0.2) is 26.9 Å². The van der Waals surface area contributed by atoms with E-state index in [0.29, 0.717) is 13.0 Å². The minimum absolute atomic E-state index is 0. The van der Waals surface area contributed by atoms with Gasteiger partial charge in [-0.15, -0.1) is 12.4 Å². The van der Waals surface area contributed by atoms with Crippen LogP contribution in [0.5, 0.6) is 0 Å². The average molecular weight is 350 g/mol. The number of rotatable bonds is 7. The van der Waals surface area contributed by atoms with Gasteiger partial charge in [-0.25, -0.2) is 13.6 Å². The summed E-state index contributed by atoms with van der Waals surface area (Å²) in [5.41, 5.74) is 6.74. The summed E-state index contributed by atoms with van der Waals surface area (Å²) in [5.74, 6) is -0.0236. The molecule has 0 fully saturated rings. The highest BCUT2D eigenvalue weighted by Gasteiger charge is 2.18. The Labute approximate surface area is 138 Å². The number of hydrogen-bond donors (Lipinski definition) is 3. The standard InChI is InChI=1S/C14H23N3O3S.ClH/c1-3-10(2)13(15)14(18)17-9-8-11-4-6-12(7-5-11)21(16,19)20;/h4-7,10,13H,3,8-9,15H2,1-2H3,(H,17,18)(H2,16,19,20);1H. The molecule has 0 saturated carbocycles. The Morgan fingerprint density at radius 3 is 2.27 bits per heavy atom. The highest BCUT2D eigenvalue weighted by Crippen LogP contribution is 2.09. The van der Waals surface area contributed by atoms with Crippen LogP contribution in [0.2, 0.25) is 0 Å². The Balaban J connectivity index is 0.00000441. The van der Waals surface area contributed by atoms with Crippen molar-refractivity contribution >= 4 is 28.3 Å². The first-order valence-corrected chi connectivity index (χ1v) is 8.45. The van der Waals surface area contributed by atoms with Gasteiger partial charge in [0, 0.05) is 6.54 Å². The third kappa shape index (κ3) is 6.31. The van der Waals surface area contributed by atoms with E-state index in [1.54, 1.807) is 12.1 Å². The molecule has 2 atom stereocenters. The number of primary sulfonamides is 1. The van der Waals surface area contributed by atoms with Crippen LogP contribution in [0.3, 0.4) is 0 Å². The van der Waals surface area contributed by atoms with Crippen molar-refractivity contribution in [3.8, 4) is 0 Å². The predicted octanol–water partition coefficient (Wildman–Crippen LogP) is 0.788. The molecule has 0 aliphatic heterocycles. The van der Waals surface area contributed by atoms with Gasteiger partial charge in [0.2, 0.25) is 15.9 Å². The maximum atomic E-state index is 11.8. The fourth-order valence-electron chi connectivity index (χ4n) is 1.81. The lowest BCUT2D eigenvalue weighted by Crippen LogP contribution is -2.45. The highest BCUT2D eigenvalue weighted by atomic mass is 35.5. The van der Waals surface area contributed by atoms with Gasteiger partial charge in [-0.3, -0.25) is 4.79 Å². The zero-order chi connectivity index (χ0) is 16.0. The first-order valence-electron chi connectivity index (χ1n) is 6.90. The first kappa shape index (κ1) is 20.9. The quantitative estimate of drug-likeness (QED) is 0.674. The van der Waals surface area contributed by atoms with Crippen LogP contribution in [-0.2, 0) is 21.2 Å². The van der Waals surface area contributed by atoms with E-state index in [4.69, 9.17) is 10.9 Å². The smallest absolute Gasteiger partial charge is 0.238 e. The third-order valence-corrected chi connectivity index (χ3v) is 4.45. The van der Waals surface area contributed by atoms with Crippen LogP contribution in [0, 0.1) is 5.92 Å². The Bertz CT molecular complexity index is 576. The summed E-state index contributed by atoms with van der Waals surface area (Å²) in [5, 5.41) is 7.81. The maximum absolute atomic E-state index is 11.8. The van der Waals surface area contributed by atoms with Crippen LogP contribution in [0.15, 0.2) is 29.2 Å². The van der Waals surface area contributed by atoms with E-state index in [0.717, 1.165) is 12.0 Å². The summed E-state index contributed by atoms with van der Waals surface area (Å²) < 4.78 is 22.2. The molecular weight excluding hydrogens is 326 g/mol. The lowest BCUT2D eigenvalue weighted by Gasteiger charge is -2.17. The van der Waals surface area contributed by atoms with E-state index in [9.17, 15) is 13.2 Å². The van der Waals surface area contributed by atoms with Crippen molar-refractivity contribution in [2.75, 3.05) is 6.54 Å². The van der Waals surface area contributed by atoms with Gasteiger partial charge >= 0.3 is 0 Å². The van der Waals surface area contributed by atoms with E-state index < -0.39 is 16.1 Å². The van der Waals surface area contributed by atoms with E-state index >= 15 is 0 Å². The second kappa shape index (κ2) is 9.09. The average Bonchev–Trinajstić information content (AvgIpc) is 2.45. The molecule has 1 amide bonds. The molecule has 0 saturated heterocycles. The van der Waals surface area contributed by atoms with Gasteiger partial charge in [-0.2, -0.15) is 0 Å². The minimum atomic E-state index is -3.66. The van der Waals surface area contributed by atoms with Crippen molar-refractivity contribution in [2.24, 2.45) is 16.8 Å². The van der Waals surface area contributed by atoms with E-state index in [1.165, 1.54) is 12.1 Å². The van der Waals surface area contributed by atoms with Gasteiger partial charge in [0.25, 0.3) is 0 Å². The molecule has 1 rings (SSSR count). The number of hydrogen-bond acceptors (Lipinski definition) is 4. The molecule has 2 unspecified atom stereocenters. The van der Waals surface area contributed by atoms with Crippen LogP contribution >= 0.6 is 12.4 Å². The molecule has 1 aromatic carbocycles. The molecule has 126 valence electrons. The Kier molecular flexibility index (Phi) is 8.62. The van der Waals surface area contributed by atoms with E-state index in [2.05, 4.69) is 5.32 Å². The van der Waals surface area contributed by atoms with Gasteiger partial charge in [-0.1, -0.05) is 32.4 Å². The molecule has 0 heterocycles. The number of carbonyl (C=O) groups excluding carboxylic acids is 1. The molecule has 6 nitrogen and oxygen atoms in total. The van der Waals surface area contributed by atoms with Crippen molar-refractivity contribution in [2.45, 2.75) is 37.6 Å². The summed E-state index contributed by atoms with van der Waals surface area (Å²) in [6, 6.07) is 5.77. The van der Waals surface area contributed by atoms with Crippen molar-refractivity contribution in [1.82, 2.24) is 5.32 Å². The second-order valence-corrected chi connectivity index (χ2v) is 6.70. The predicted molar refractivity (Wildman–Crippen MR) is 89.2 cm³/mol. The molecule has 22 heavy (non-hydrogen) atoms. The number of halogens is 1. The van der Waals surface area contributed by atoms with Crippen LogP contribution in [0.4, 0.5) is 0 Å². The van der Waals surface area contributed by atoms with E-state index in [1.807, 2.05) is 13.8 Å². The lowest BCUT2D eigenvalue weighted by molar-refractivity contribution is -0.123. The zero-order valence-electron chi connectivity index (χ0n) is 12.8. The largest absolute Gasteiger partial charge is 0.354 e. The molecule has 0 aliphatic carbocycles. The number of nitrogens with two attached hydrogens (primary N) is 2. The fraction of sp³-hybridized carbons (Fsp3) is 0.500. The fourth-order valence-corrected chi connectivity index (χ4v) is 2.32. The molecule has 0 aromatic heterocycles. The molecule has 1 aromatic rings. The molecular formula is C14H24ClN3O3S. The first-order chi connectivity index (χ1) is 9.75. The minimum Gasteiger partial charge on any atom is -0.354 e. The number of nitrogens with one attached hydrogen (secondary N) is 1. The third-order valence-electron chi connectivity index (χ3n) is 3.52. The van der Waals surface area contributed by atoms with Gasteiger partial charge in [0.15, 0.2) is 0 Å². The van der Waals surface area contributed by atoms with Gasteiger partial charge < -0.3 is 11.1 Å². The summed E-state index contributed by atoms with van der Waals surface area (Å²) in [4.78, 5) is 11.9. The highest BCUT2D eigenvalue weighted by molar-refractivity contribution is 7.89. The van der Waals surface area contributed by atoms with Gasteiger partial charge in [0.1, 0.15) is 0 Å². The SMILES string of the molecule is CCC(C)C(N)C(=O)NCCc1ccc(S(N)(=O)=O)cc1.Cl. The topological polar surface area (TPSA) is 115 Å². The molecule has 0 aliphatic rings. The van der Waals surface area contributed by atoms with Crippen LogP contribution in [0.1, 0.15) is 25.8 Å². The molecule has 0 radical (unpaired) electrons. The molecule has 0 spiro atoms. The Morgan fingerprint density at radius 1 is 1.27 bits per heavy atom. The monoisotopic (exact) mass is 349 g/mol. The summed E-state index contributed by atoms with van der Waals surface area (Å²) in [7, 11) is -3.66. The summed E-state index contributed by atoms with van der Waals surface area (Å²) >= 11 is 0. The summed E-state index contributed by atoms with van der Waals surface area (Å²) in [6.45, 7) is 4.39. The van der Waals surface area contributed by atoms with Crippen molar-refractivity contribution in [3.63, 3.8) is 0 Å². The van der Waals surface area contributed by atoms with Crippen molar-refractivity contribution in [1.29, 1.82) is 0 Å². The Hall–Kier alpha value is -1.15. The molecule has 0 bridgehead atoms. The maximum Gasteiger partial charge on any atom is 0.238 e. The normalized spacial score (nSPS) is 13.8. The Morgan fingerprint density at radius 2 is 1.82 bits per heavy atom. The molecule has 8 heteroatoms. The van der Waals surface area contributed by atoms with Crippen molar-refractivity contribution < 1.29 is 13.2 Å². The number of carbonyl (C=O) groups is 1. The number of benzene rings is 1. The van der Waals surface area contributed by atoms with Crippen LogP contribution in [0.25, 0.3) is 0 Å². The van der Waals surface area contributed by atoms with Gasteiger partial charge in [0.05, 0.1) is 10.9 Å². The summed E-state index contributed by atoms with van der Waals surface area (Å²) in [6.07, 6.45) is 1.45. The lowest BCUT2D eigenvalue weighted by atomic mass is 9.99. The van der Waals surface area contributed by atoms with Crippen LogP contribution < -0.4 is 16.2 Å². The van der Waals surface area contributed by atoms with Gasteiger partial charge in [-0.05, 0) is 30.0 Å².